The Morgan fingerprint density at radius 2 is 1.89 bits per heavy atom. The second-order valence-electron chi connectivity index (χ2n) is 7.53. The number of aromatic amines is 1. The molecule has 8 nitrogen and oxygen atoms in total. The molecule has 180 valence electrons. The quantitative estimate of drug-likeness (QED) is 0.429. The number of aromatic nitrogens is 4. The van der Waals surface area contributed by atoms with Gasteiger partial charge < -0.3 is 4.74 Å². The minimum atomic E-state index is -4.99. The summed E-state index contributed by atoms with van der Waals surface area (Å²) in [5.41, 5.74) is -1.54. The molecule has 11 heteroatoms. The van der Waals surface area contributed by atoms with Crippen LogP contribution in [0, 0.1) is 11.3 Å². The average molecular weight is 491 g/mol. The summed E-state index contributed by atoms with van der Waals surface area (Å²) in [6.45, 7) is 3.27. The van der Waals surface area contributed by atoms with E-state index in [0.29, 0.717) is 11.1 Å². The molecule has 0 spiro atoms. The molecule has 4 aromatic rings. The highest BCUT2D eigenvalue weighted by Crippen LogP contribution is 2.35. The van der Waals surface area contributed by atoms with Crippen molar-refractivity contribution < 1.29 is 17.9 Å². The van der Waals surface area contributed by atoms with Crippen LogP contribution >= 0.6 is 0 Å². The van der Waals surface area contributed by atoms with Gasteiger partial charge in [-0.1, -0.05) is 43.0 Å². The van der Waals surface area contributed by atoms with Gasteiger partial charge >= 0.3 is 6.18 Å². The van der Waals surface area contributed by atoms with Crippen molar-refractivity contribution in [1.29, 1.82) is 5.26 Å². The first-order valence-electron chi connectivity index (χ1n) is 10.4. The maximum Gasteiger partial charge on any atom is 0.437 e. The van der Waals surface area contributed by atoms with E-state index >= 15 is 0 Å². The highest BCUT2D eigenvalue weighted by atomic mass is 19.4. The highest BCUT2D eigenvalue weighted by molar-refractivity contribution is 5.62. The summed E-state index contributed by atoms with van der Waals surface area (Å²) in [6.07, 6.45) is -2.88. The fourth-order valence-electron chi connectivity index (χ4n) is 3.39. The summed E-state index contributed by atoms with van der Waals surface area (Å²) in [5.74, 6) is -1.23. The molecule has 0 saturated carbocycles. The predicted molar refractivity (Wildman–Crippen MR) is 124 cm³/mol. The monoisotopic (exact) mass is 491 g/mol. The van der Waals surface area contributed by atoms with Crippen molar-refractivity contribution in [1.82, 2.24) is 19.7 Å². The Morgan fingerprint density at radius 1 is 1.14 bits per heavy atom. The molecule has 0 bridgehead atoms. The van der Waals surface area contributed by atoms with Gasteiger partial charge in [0.15, 0.2) is 5.69 Å². The topological polar surface area (TPSA) is 114 Å². The predicted octanol–water partition coefficient (Wildman–Crippen LogP) is 4.37. The van der Waals surface area contributed by atoms with Gasteiger partial charge in [0.25, 0.3) is 11.1 Å². The first kappa shape index (κ1) is 24.2. The molecule has 0 aliphatic carbocycles. The second-order valence-corrected chi connectivity index (χ2v) is 7.53. The molecule has 1 N–H and O–H groups in total. The van der Waals surface area contributed by atoms with Crippen molar-refractivity contribution in [3.8, 4) is 28.7 Å². The number of nitrogens with zero attached hydrogens (tertiary/aromatic N) is 4. The number of nitriles is 1. The van der Waals surface area contributed by atoms with Crippen LogP contribution in [0.4, 0.5) is 13.2 Å². The molecule has 2 heterocycles. The van der Waals surface area contributed by atoms with E-state index in [0.717, 1.165) is 10.9 Å². The lowest BCUT2D eigenvalue weighted by molar-refractivity contribution is -0.142. The van der Waals surface area contributed by atoms with Gasteiger partial charge in [0.05, 0.1) is 35.8 Å². The zero-order chi connectivity index (χ0) is 25.9. The lowest BCUT2D eigenvalue weighted by Crippen LogP contribution is -2.27. The van der Waals surface area contributed by atoms with Gasteiger partial charge in [0, 0.05) is 0 Å². The van der Waals surface area contributed by atoms with Crippen LogP contribution in [0.3, 0.4) is 0 Å². The summed E-state index contributed by atoms with van der Waals surface area (Å²) in [5, 5.41) is 15.4. The molecule has 2 aromatic carbocycles. The zero-order valence-electron chi connectivity index (χ0n) is 18.4. The van der Waals surface area contributed by atoms with Crippen LogP contribution in [0.15, 0.2) is 77.1 Å². The SMILES string of the molecule is C=Cc1cc(C#N)cc(Oc2c(C(F)(F)F)ncn(Cc3cc(-c4ccccc4)c(=O)[nH]n3)c2=O)c1. The molecule has 4 rings (SSSR count). The smallest absolute Gasteiger partial charge is 0.437 e. The standard InChI is InChI=1S/C25H16F3N5O3/c1-2-15-8-16(12-29)10-19(9-15)36-21-22(25(26,27)28)30-14-33(24(21)35)13-18-11-20(23(34)32-31-18)17-6-4-3-5-7-17/h2-11,14H,1,13H2,(H,32,34). The summed E-state index contributed by atoms with van der Waals surface area (Å²) in [6, 6.07) is 16.0. The van der Waals surface area contributed by atoms with Gasteiger partial charge in [-0.05, 0) is 35.4 Å². The van der Waals surface area contributed by atoms with Crippen LogP contribution in [0.1, 0.15) is 22.5 Å². The fraction of sp³-hybridized carbons (Fsp3) is 0.0800. The molecule has 0 fully saturated rings. The lowest BCUT2D eigenvalue weighted by atomic mass is 10.1. The van der Waals surface area contributed by atoms with Crippen LogP contribution in [-0.2, 0) is 12.7 Å². The number of nitrogens with one attached hydrogen (secondary N) is 1. The van der Waals surface area contributed by atoms with E-state index in [4.69, 9.17) is 4.74 Å². The fourth-order valence-corrected chi connectivity index (χ4v) is 3.39. The second kappa shape index (κ2) is 9.71. The Hall–Kier alpha value is -4.98. The first-order chi connectivity index (χ1) is 17.2. The van der Waals surface area contributed by atoms with Crippen LogP contribution in [0.2, 0.25) is 0 Å². The highest BCUT2D eigenvalue weighted by Gasteiger charge is 2.38. The molecular weight excluding hydrogens is 475 g/mol. The van der Waals surface area contributed by atoms with Crippen molar-refractivity contribution in [2.45, 2.75) is 12.7 Å². The molecule has 0 aliphatic heterocycles. The normalized spacial score (nSPS) is 11.1. The number of halogens is 3. The molecule has 2 aromatic heterocycles. The molecule has 0 unspecified atom stereocenters. The Balaban J connectivity index is 1.78. The minimum Gasteiger partial charge on any atom is -0.449 e. The number of H-pyrrole nitrogens is 1. The maximum absolute atomic E-state index is 13.7. The van der Waals surface area contributed by atoms with Crippen molar-refractivity contribution in [2.75, 3.05) is 0 Å². The van der Waals surface area contributed by atoms with Crippen molar-refractivity contribution in [2.24, 2.45) is 0 Å². The largest absolute Gasteiger partial charge is 0.449 e. The van der Waals surface area contributed by atoms with Crippen molar-refractivity contribution >= 4 is 6.08 Å². The lowest BCUT2D eigenvalue weighted by Gasteiger charge is -2.15. The third-order valence-electron chi connectivity index (χ3n) is 5.05. The summed E-state index contributed by atoms with van der Waals surface area (Å²) in [4.78, 5) is 28.7. The molecule has 0 aliphatic rings. The number of alkyl halides is 3. The van der Waals surface area contributed by atoms with Crippen molar-refractivity contribution in [3.63, 3.8) is 0 Å². The van der Waals surface area contributed by atoms with Gasteiger partial charge in [-0.3, -0.25) is 14.2 Å². The number of hydrogen-bond donors (Lipinski definition) is 1. The molecule has 0 amide bonds. The number of rotatable bonds is 6. The van der Waals surface area contributed by atoms with E-state index in [2.05, 4.69) is 21.8 Å². The molecular formula is C25H16F3N5O3. The Kier molecular flexibility index (Phi) is 6.52. The average Bonchev–Trinajstić information content (AvgIpc) is 2.87. The van der Waals surface area contributed by atoms with Gasteiger partial charge in [0.1, 0.15) is 5.75 Å². The Morgan fingerprint density at radius 3 is 2.56 bits per heavy atom. The van der Waals surface area contributed by atoms with Gasteiger partial charge in [-0.2, -0.15) is 23.5 Å². The summed E-state index contributed by atoms with van der Waals surface area (Å²) in [7, 11) is 0. The van der Waals surface area contributed by atoms with E-state index < -0.39 is 28.7 Å². The third-order valence-corrected chi connectivity index (χ3v) is 5.05. The van der Waals surface area contributed by atoms with E-state index in [1.54, 1.807) is 30.3 Å². The third kappa shape index (κ3) is 5.07. The molecule has 0 atom stereocenters. The van der Waals surface area contributed by atoms with E-state index in [-0.39, 0.29) is 29.1 Å². The van der Waals surface area contributed by atoms with E-state index in [1.807, 2.05) is 6.07 Å². The van der Waals surface area contributed by atoms with Gasteiger partial charge in [0.2, 0.25) is 5.75 Å². The molecule has 36 heavy (non-hydrogen) atoms. The van der Waals surface area contributed by atoms with Crippen LogP contribution < -0.4 is 15.9 Å². The van der Waals surface area contributed by atoms with Crippen LogP contribution in [0.25, 0.3) is 17.2 Å². The molecule has 0 radical (unpaired) electrons. The zero-order valence-corrected chi connectivity index (χ0v) is 18.4. The van der Waals surface area contributed by atoms with E-state index in [9.17, 15) is 28.0 Å². The molecule has 0 saturated heterocycles. The van der Waals surface area contributed by atoms with Crippen LogP contribution in [0.5, 0.6) is 11.5 Å². The van der Waals surface area contributed by atoms with Gasteiger partial charge in [-0.15, -0.1) is 0 Å². The van der Waals surface area contributed by atoms with Crippen LogP contribution in [-0.4, -0.2) is 19.7 Å². The first-order valence-corrected chi connectivity index (χ1v) is 10.4. The number of hydrogen-bond acceptors (Lipinski definition) is 6. The maximum atomic E-state index is 13.7. The Bertz CT molecular complexity index is 1600. The summed E-state index contributed by atoms with van der Waals surface area (Å²) >= 11 is 0. The van der Waals surface area contributed by atoms with E-state index in [1.165, 1.54) is 30.3 Å². The van der Waals surface area contributed by atoms with Gasteiger partial charge in [-0.25, -0.2) is 10.1 Å². The van der Waals surface area contributed by atoms with Crippen molar-refractivity contribution in [3.05, 3.63) is 111 Å². The Labute approximate surface area is 201 Å². The summed E-state index contributed by atoms with van der Waals surface area (Å²) < 4.78 is 47.2. The number of benzene rings is 2. The number of ether oxygens (including phenoxy) is 1. The minimum absolute atomic E-state index is 0.103.